The van der Waals surface area contributed by atoms with Gasteiger partial charge in [-0.15, -0.1) is 0 Å². The fraction of sp³-hybridized carbons (Fsp3) is 0.318. The summed E-state index contributed by atoms with van der Waals surface area (Å²) in [5.74, 6) is 0.408. The predicted octanol–water partition coefficient (Wildman–Crippen LogP) is 4.07. The molecule has 0 fully saturated rings. The van der Waals surface area contributed by atoms with Crippen LogP contribution in [0, 0.1) is 6.92 Å². The van der Waals surface area contributed by atoms with E-state index in [9.17, 15) is 13.2 Å². The standard InChI is InChI=1S/C22H26O6S/c1-16-9-11-19(12-10-16)29(24,25)13-7-5-6-8-17-14-18(26-2)15-20(27-3)21(17)22(23)28-4/h6,8-12,14-15H,5,7,13H2,1-4H3/b8-6+. The maximum absolute atomic E-state index is 12.4. The second-order valence-corrected chi connectivity index (χ2v) is 8.57. The number of hydrogen-bond acceptors (Lipinski definition) is 6. The Labute approximate surface area is 172 Å². The second kappa shape index (κ2) is 10.1. The molecule has 2 aromatic carbocycles. The first kappa shape index (κ1) is 22.5. The van der Waals surface area contributed by atoms with Gasteiger partial charge in [0, 0.05) is 6.07 Å². The van der Waals surface area contributed by atoms with Crippen LogP contribution in [-0.2, 0) is 14.6 Å². The van der Waals surface area contributed by atoms with E-state index in [1.54, 1.807) is 42.5 Å². The average molecular weight is 419 g/mol. The number of sulfone groups is 1. The Morgan fingerprint density at radius 2 is 1.72 bits per heavy atom. The van der Waals surface area contributed by atoms with Crippen molar-refractivity contribution in [2.45, 2.75) is 24.7 Å². The molecule has 0 aliphatic rings. The van der Waals surface area contributed by atoms with Crippen LogP contribution in [0.4, 0.5) is 0 Å². The zero-order valence-corrected chi connectivity index (χ0v) is 17.9. The molecule has 0 saturated carbocycles. The van der Waals surface area contributed by atoms with Crippen molar-refractivity contribution in [2.24, 2.45) is 0 Å². The number of ether oxygens (including phenoxy) is 3. The molecule has 0 aromatic heterocycles. The van der Waals surface area contributed by atoms with E-state index in [1.165, 1.54) is 21.3 Å². The quantitative estimate of drug-likeness (QED) is 0.451. The van der Waals surface area contributed by atoms with Crippen molar-refractivity contribution in [2.75, 3.05) is 27.1 Å². The first-order valence-corrected chi connectivity index (χ1v) is 10.8. The molecule has 0 unspecified atom stereocenters. The minimum absolute atomic E-state index is 0.0473. The number of carbonyl (C=O) groups excluding carboxylic acids is 1. The zero-order valence-electron chi connectivity index (χ0n) is 17.1. The van der Waals surface area contributed by atoms with Crippen molar-refractivity contribution in [3.63, 3.8) is 0 Å². The minimum atomic E-state index is -3.32. The smallest absolute Gasteiger partial charge is 0.342 e. The van der Waals surface area contributed by atoms with E-state index >= 15 is 0 Å². The number of rotatable bonds is 9. The largest absolute Gasteiger partial charge is 0.497 e. The highest BCUT2D eigenvalue weighted by Crippen LogP contribution is 2.30. The summed E-state index contributed by atoms with van der Waals surface area (Å²) in [6.07, 6.45) is 4.56. The van der Waals surface area contributed by atoms with Crippen LogP contribution < -0.4 is 9.47 Å². The SMILES string of the molecule is COC(=O)c1c(/C=C/CCCS(=O)(=O)c2ccc(C)cc2)cc(OC)cc1OC. The van der Waals surface area contributed by atoms with Gasteiger partial charge in [-0.2, -0.15) is 0 Å². The maximum atomic E-state index is 12.4. The van der Waals surface area contributed by atoms with Crippen LogP contribution in [0.3, 0.4) is 0 Å². The second-order valence-electron chi connectivity index (χ2n) is 6.46. The van der Waals surface area contributed by atoms with Gasteiger partial charge in [0.05, 0.1) is 32.0 Å². The van der Waals surface area contributed by atoms with Crippen molar-refractivity contribution < 1.29 is 27.4 Å². The number of carbonyl (C=O) groups is 1. The fourth-order valence-corrected chi connectivity index (χ4v) is 4.14. The van der Waals surface area contributed by atoms with E-state index in [2.05, 4.69) is 0 Å². The van der Waals surface area contributed by atoms with Crippen molar-refractivity contribution in [1.82, 2.24) is 0 Å². The van der Waals surface area contributed by atoms with Gasteiger partial charge in [0.1, 0.15) is 17.1 Å². The number of allylic oxidation sites excluding steroid dienone is 1. The summed E-state index contributed by atoms with van der Waals surface area (Å²) in [4.78, 5) is 12.5. The van der Waals surface area contributed by atoms with Crippen LogP contribution in [-0.4, -0.2) is 41.5 Å². The number of unbranched alkanes of at least 4 members (excludes halogenated alkanes) is 1. The van der Waals surface area contributed by atoms with Gasteiger partial charge < -0.3 is 14.2 Å². The lowest BCUT2D eigenvalue weighted by Crippen LogP contribution is -2.07. The normalized spacial score (nSPS) is 11.4. The molecule has 0 saturated heterocycles. The molecule has 29 heavy (non-hydrogen) atoms. The fourth-order valence-electron chi connectivity index (χ4n) is 2.81. The lowest BCUT2D eigenvalue weighted by Gasteiger charge is -2.12. The van der Waals surface area contributed by atoms with Gasteiger partial charge in [-0.1, -0.05) is 29.8 Å². The number of methoxy groups -OCH3 is 3. The maximum Gasteiger partial charge on any atom is 0.342 e. The molecule has 0 radical (unpaired) electrons. The number of esters is 1. The average Bonchev–Trinajstić information content (AvgIpc) is 2.72. The van der Waals surface area contributed by atoms with Gasteiger partial charge in [0.2, 0.25) is 0 Å². The molecule has 0 heterocycles. The number of aryl methyl sites for hydroxylation is 1. The Morgan fingerprint density at radius 1 is 1.03 bits per heavy atom. The molecule has 0 aliphatic carbocycles. The van der Waals surface area contributed by atoms with Crippen molar-refractivity contribution in [3.05, 3.63) is 59.2 Å². The summed E-state index contributed by atoms with van der Waals surface area (Å²) >= 11 is 0. The van der Waals surface area contributed by atoms with Crippen molar-refractivity contribution in [3.8, 4) is 11.5 Å². The van der Waals surface area contributed by atoms with Crippen LogP contribution in [0.2, 0.25) is 0 Å². The molecule has 2 aromatic rings. The van der Waals surface area contributed by atoms with E-state index in [0.29, 0.717) is 40.4 Å². The van der Waals surface area contributed by atoms with Gasteiger partial charge in [-0.05, 0) is 43.5 Å². The van der Waals surface area contributed by atoms with Gasteiger partial charge in [-0.3, -0.25) is 0 Å². The van der Waals surface area contributed by atoms with Crippen molar-refractivity contribution in [1.29, 1.82) is 0 Å². The first-order chi connectivity index (χ1) is 13.8. The Bertz CT molecular complexity index is 975. The predicted molar refractivity (Wildman–Crippen MR) is 112 cm³/mol. The van der Waals surface area contributed by atoms with Gasteiger partial charge >= 0.3 is 5.97 Å². The molecule has 156 valence electrons. The Kier molecular flexibility index (Phi) is 7.84. The molecule has 0 N–H and O–H groups in total. The number of benzene rings is 2. The van der Waals surface area contributed by atoms with Crippen LogP contribution >= 0.6 is 0 Å². The van der Waals surface area contributed by atoms with Crippen LogP contribution in [0.1, 0.15) is 34.3 Å². The van der Waals surface area contributed by atoms with Crippen LogP contribution in [0.15, 0.2) is 47.4 Å². The highest BCUT2D eigenvalue weighted by atomic mass is 32.2. The van der Waals surface area contributed by atoms with Crippen LogP contribution in [0.5, 0.6) is 11.5 Å². The molecule has 2 rings (SSSR count). The summed E-state index contributed by atoms with van der Waals surface area (Å²) in [5, 5.41) is 0. The molecule has 0 bridgehead atoms. The third-order valence-corrected chi connectivity index (χ3v) is 6.23. The lowest BCUT2D eigenvalue weighted by atomic mass is 10.0. The van der Waals surface area contributed by atoms with E-state index in [0.717, 1.165) is 5.56 Å². The van der Waals surface area contributed by atoms with Gasteiger partial charge in [-0.25, -0.2) is 13.2 Å². The molecule has 0 atom stereocenters. The van der Waals surface area contributed by atoms with E-state index in [1.807, 2.05) is 13.0 Å². The Hall–Kier alpha value is -2.80. The van der Waals surface area contributed by atoms with Gasteiger partial charge in [0.25, 0.3) is 0 Å². The highest BCUT2D eigenvalue weighted by molar-refractivity contribution is 7.91. The summed E-state index contributed by atoms with van der Waals surface area (Å²) in [6.45, 7) is 1.91. The van der Waals surface area contributed by atoms with E-state index in [4.69, 9.17) is 14.2 Å². The molecular formula is C22H26O6S. The van der Waals surface area contributed by atoms with E-state index in [-0.39, 0.29) is 5.75 Å². The van der Waals surface area contributed by atoms with E-state index < -0.39 is 15.8 Å². The summed E-state index contributed by atoms with van der Waals surface area (Å²) in [7, 11) is 0.971. The molecule has 6 nitrogen and oxygen atoms in total. The summed E-state index contributed by atoms with van der Waals surface area (Å²) in [5.41, 5.74) is 1.88. The lowest BCUT2D eigenvalue weighted by molar-refractivity contribution is 0.0596. The molecular weight excluding hydrogens is 392 g/mol. The highest BCUT2D eigenvalue weighted by Gasteiger charge is 2.18. The molecule has 0 aliphatic heterocycles. The van der Waals surface area contributed by atoms with Gasteiger partial charge in [0.15, 0.2) is 9.84 Å². The summed E-state index contributed by atoms with van der Waals surface area (Å²) < 4.78 is 40.2. The third kappa shape index (κ3) is 5.84. The Balaban J connectivity index is 2.11. The monoisotopic (exact) mass is 418 g/mol. The zero-order chi connectivity index (χ0) is 21.4. The summed E-state index contributed by atoms with van der Waals surface area (Å²) in [6, 6.07) is 10.2. The molecule has 0 spiro atoms. The number of hydrogen-bond donors (Lipinski definition) is 0. The third-order valence-electron chi connectivity index (χ3n) is 4.41. The Morgan fingerprint density at radius 3 is 2.31 bits per heavy atom. The van der Waals surface area contributed by atoms with Crippen LogP contribution in [0.25, 0.3) is 6.08 Å². The topological polar surface area (TPSA) is 78.9 Å². The first-order valence-electron chi connectivity index (χ1n) is 9.12. The molecule has 7 heteroatoms. The molecule has 0 amide bonds. The minimum Gasteiger partial charge on any atom is -0.497 e. The van der Waals surface area contributed by atoms with Crippen molar-refractivity contribution >= 4 is 21.9 Å².